The SMILES string of the molecule is CNC(CCC(C)(C)C)c1cccc(Cl)c1F. The maximum absolute atomic E-state index is 13.9. The molecular weight excluding hydrogens is 237 g/mol. The molecule has 3 heteroatoms. The van der Waals surface area contributed by atoms with E-state index in [9.17, 15) is 4.39 Å². The van der Waals surface area contributed by atoms with E-state index in [1.165, 1.54) is 0 Å². The Morgan fingerprint density at radius 2 is 2.00 bits per heavy atom. The van der Waals surface area contributed by atoms with Gasteiger partial charge in [0.15, 0.2) is 0 Å². The molecule has 1 unspecified atom stereocenters. The standard InChI is InChI=1S/C14H21ClFN/c1-14(2,3)9-8-12(17-4)10-6-5-7-11(15)13(10)16/h5-7,12,17H,8-9H2,1-4H3. The molecule has 0 heterocycles. The molecule has 0 spiro atoms. The van der Waals surface area contributed by atoms with Gasteiger partial charge in [-0.15, -0.1) is 0 Å². The zero-order valence-electron chi connectivity index (χ0n) is 11.0. The van der Waals surface area contributed by atoms with Gasteiger partial charge in [-0.2, -0.15) is 0 Å². The third-order valence-corrected chi connectivity index (χ3v) is 3.18. The summed E-state index contributed by atoms with van der Waals surface area (Å²) in [5.41, 5.74) is 0.911. The van der Waals surface area contributed by atoms with Crippen molar-refractivity contribution in [1.29, 1.82) is 0 Å². The molecule has 0 aliphatic heterocycles. The minimum absolute atomic E-state index is 0.0212. The van der Waals surface area contributed by atoms with Gasteiger partial charge in [0, 0.05) is 11.6 Å². The first kappa shape index (κ1) is 14.5. The van der Waals surface area contributed by atoms with Gasteiger partial charge in [0.05, 0.1) is 5.02 Å². The summed E-state index contributed by atoms with van der Waals surface area (Å²) in [6.07, 6.45) is 1.93. The summed E-state index contributed by atoms with van der Waals surface area (Å²) in [5, 5.41) is 3.35. The van der Waals surface area contributed by atoms with E-state index in [-0.39, 0.29) is 22.3 Å². The van der Waals surface area contributed by atoms with Gasteiger partial charge in [-0.05, 0) is 31.4 Å². The van der Waals surface area contributed by atoms with Gasteiger partial charge in [-0.3, -0.25) is 0 Å². The van der Waals surface area contributed by atoms with Crippen LogP contribution in [-0.4, -0.2) is 7.05 Å². The summed E-state index contributed by atoms with van der Waals surface area (Å²) < 4.78 is 13.9. The Morgan fingerprint density at radius 1 is 1.35 bits per heavy atom. The van der Waals surface area contributed by atoms with Crippen LogP contribution >= 0.6 is 11.6 Å². The third-order valence-electron chi connectivity index (χ3n) is 2.89. The Bertz CT molecular complexity index is 371. The van der Waals surface area contributed by atoms with Crippen LogP contribution in [0.3, 0.4) is 0 Å². The van der Waals surface area contributed by atoms with Crippen LogP contribution in [-0.2, 0) is 0 Å². The molecule has 0 saturated carbocycles. The molecule has 0 bridgehead atoms. The minimum Gasteiger partial charge on any atom is -0.313 e. The predicted octanol–water partition coefficient (Wildman–Crippen LogP) is 4.57. The second-order valence-corrected chi connectivity index (χ2v) is 5.99. The van der Waals surface area contributed by atoms with Crippen molar-refractivity contribution < 1.29 is 4.39 Å². The fourth-order valence-electron chi connectivity index (χ4n) is 1.82. The summed E-state index contributed by atoms with van der Waals surface area (Å²) in [4.78, 5) is 0. The van der Waals surface area contributed by atoms with E-state index < -0.39 is 0 Å². The molecule has 0 radical (unpaired) electrons. The Labute approximate surface area is 108 Å². The Kier molecular flexibility index (Phi) is 4.96. The normalized spacial score (nSPS) is 13.8. The topological polar surface area (TPSA) is 12.0 Å². The monoisotopic (exact) mass is 257 g/mol. The minimum atomic E-state index is -0.303. The van der Waals surface area contributed by atoms with Gasteiger partial charge in [0.1, 0.15) is 5.82 Å². The van der Waals surface area contributed by atoms with Crippen LogP contribution in [0.25, 0.3) is 0 Å². The molecule has 17 heavy (non-hydrogen) atoms. The second-order valence-electron chi connectivity index (χ2n) is 5.58. The molecular formula is C14H21ClFN. The Morgan fingerprint density at radius 3 is 2.53 bits per heavy atom. The highest BCUT2D eigenvalue weighted by Gasteiger charge is 2.19. The number of rotatable bonds is 4. The molecule has 96 valence electrons. The molecule has 1 rings (SSSR count). The van der Waals surface area contributed by atoms with Crippen molar-refractivity contribution in [3.63, 3.8) is 0 Å². The molecule has 1 nitrogen and oxygen atoms in total. The molecule has 1 atom stereocenters. The van der Waals surface area contributed by atoms with Crippen molar-refractivity contribution in [2.75, 3.05) is 7.05 Å². The molecule has 1 N–H and O–H groups in total. The zero-order chi connectivity index (χ0) is 13.1. The smallest absolute Gasteiger partial charge is 0.146 e. The lowest BCUT2D eigenvalue weighted by molar-refractivity contribution is 0.335. The maximum atomic E-state index is 13.9. The van der Waals surface area contributed by atoms with Crippen LogP contribution < -0.4 is 5.32 Å². The summed E-state index contributed by atoms with van der Waals surface area (Å²) in [7, 11) is 1.85. The maximum Gasteiger partial charge on any atom is 0.146 e. The lowest BCUT2D eigenvalue weighted by atomic mass is 9.87. The average Bonchev–Trinajstić information content (AvgIpc) is 2.23. The summed E-state index contributed by atoms with van der Waals surface area (Å²) in [5.74, 6) is -0.303. The molecule has 1 aromatic carbocycles. The van der Waals surface area contributed by atoms with Gasteiger partial charge in [-0.25, -0.2) is 4.39 Å². The molecule has 0 aliphatic carbocycles. The number of hydrogen-bond acceptors (Lipinski definition) is 1. The Balaban J connectivity index is 2.83. The van der Waals surface area contributed by atoms with Crippen LogP contribution in [0.2, 0.25) is 5.02 Å². The van der Waals surface area contributed by atoms with Crippen molar-refractivity contribution in [2.45, 2.75) is 39.7 Å². The van der Waals surface area contributed by atoms with Crippen LogP contribution in [0.5, 0.6) is 0 Å². The van der Waals surface area contributed by atoms with Crippen LogP contribution in [0.15, 0.2) is 18.2 Å². The fourth-order valence-corrected chi connectivity index (χ4v) is 2.00. The molecule has 0 aromatic heterocycles. The summed E-state index contributed by atoms with van der Waals surface area (Å²) in [6.45, 7) is 6.57. The van der Waals surface area contributed by atoms with E-state index >= 15 is 0 Å². The number of hydrogen-bond donors (Lipinski definition) is 1. The van der Waals surface area contributed by atoms with Crippen molar-refractivity contribution in [3.8, 4) is 0 Å². The van der Waals surface area contributed by atoms with Crippen molar-refractivity contribution in [3.05, 3.63) is 34.6 Å². The van der Waals surface area contributed by atoms with Crippen LogP contribution in [0.1, 0.15) is 45.2 Å². The number of halogens is 2. The van der Waals surface area contributed by atoms with Gasteiger partial charge >= 0.3 is 0 Å². The van der Waals surface area contributed by atoms with Gasteiger partial charge in [0.25, 0.3) is 0 Å². The van der Waals surface area contributed by atoms with Crippen molar-refractivity contribution in [1.82, 2.24) is 5.32 Å². The quantitative estimate of drug-likeness (QED) is 0.833. The van der Waals surface area contributed by atoms with Crippen molar-refractivity contribution in [2.24, 2.45) is 5.41 Å². The van der Waals surface area contributed by atoms with E-state index in [0.717, 1.165) is 12.8 Å². The molecule has 0 amide bonds. The first-order valence-corrected chi connectivity index (χ1v) is 6.34. The van der Waals surface area contributed by atoms with Gasteiger partial charge in [0.2, 0.25) is 0 Å². The highest BCUT2D eigenvalue weighted by atomic mass is 35.5. The number of benzene rings is 1. The largest absolute Gasteiger partial charge is 0.313 e. The van der Waals surface area contributed by atoms with E-state index in [1.807, 2.05) is 7.05 Å². The molecule has 1 aromatic rings. The lowest BCUT2D eigenvalue weighted by Gasteiger charge is -2.23. The zero-order valence-corrected chi connectivity index (χ0v) is 11.7. The molecule has 0 aliphatic rings. The lowest BCUT2D eigenvalue weighted by Crippen LogP contribution is -2.20. The van der Waals surface area contributed by atoms with Crippen LogP contribution in [0.4, 0.5) is 4.39 Å². The fraction of sp³-hybridized carbons (Fsp3) is 0.571. The average molecular weight is 258 g/mol. The van der Waals surface area contributed by atoms with E-state index in [0.29, 0.717) is 5.56 Å². The summed E-state index contributed by atoms with van der Waals surface area (Å²) in [6, 6.07) is 5.19. The molecule has 0 fully saturated rings. The van der Waals surface area contributed by atoms with E-state index in [1.54, 1.807) is 18.2 Å². The Hall–Kier alpha value is -0.600. The first-order chi connectivity index (χ1) is 7.85. The number of nitrogens with one attached hydrogen (secondary N) is 1. The van der Waals surface area contributed by atoms with Crippen molar-refractivity contribution >= 4 is 11.6 Å². The van der Waals surface area contributed by atoms with Gasteiger partial charge < -0.3 is 5.32 Å². The highest BCUT2D eigenvalue weighted by Crippen LogP contribution is 2.30. The van der Waals surface area contributed by atoms with Gasteiger partial charge in [-0.1, -0.05) is 44.5 Å². The van der Waals surface area contributed by atoms with E-state index in [2.05, 4.69) is 26.1 Å². The highest BCUT2D eigenvalue weighted by molar-refractivity contribution is 6.30. The first-order valence-electron chi connectivity index (χ1n) is 5.96. The predicted molar refractivity (Wildman–Crippen MR) is 71.9 cm³/mol. The van der Waals surface area contributed by atoms with Crippen LogP contribution in [0, 0.1) is 11.2 Å². The third kappa shape index (κ3) is 4.29. The summed E-state index contributed by atoms with van der Waals surface area (Å²) >= 11 is 5.80. The second kappa shape index (κ2) is 5.83. The molecule has 0 saturated heterocycles. The van der Waals surface area contributed by atoms with E-state index in [4.69, 9.17) is 11.6 Å².